The van der Waals surface area contributed by atoms with E-state index in [1.54, 1.807) is 19.0 Å². The molecule has 1 heterocycles. The molecule has 0 fully saturated rings. The second kappa shape index (κ2) is 7.34. The van der Waals surface area contributed by atoms with E-state index in [-0.39, 0.29) is 22.4 Å². The van der Waals surface area contributed by atoms with E-state index >= 15 is 0 Å². The van der Waals surface area contributed by atoms with Crippen LogP contribution in [-0.2, 0) is 0 Å². The predicted molar refractivity (Wildman–Crippen MR) is 85.2 cm³/mol. The maximum absolute atomic E-state index is 13.6. The molecule has 0 saturated carbocycles. The summed E-state index contributed by atoms with van der Waals surface area (Å²) in [6.07, 6.45) is 2.22. The minimum Gasteiger partial charge on any atom is -0.387 e. The van der Waals surface area contributed by atoms with Crippen molar-refractivity contribution in [3.05, 3.63) is 45.8 Å². The molecule has 0 radical (unpaired) electrons. The Morgan fingerprint density at radius 2 is 2.13 bits per heavy atom. The summed E-state index contributed by atoms with van der Waals surface area (Å²) in [6, 6.07) is 3.95. The molecule has 0 aliphatic heterocycles. The second-order valence-corrected chi connectivity index (χ2v) is 5.39. The van der Waals surface area contributed by atoms with Crippen molar-refractivity contribution in [2.75, 3.05) is 14.1 Å². The molecule has 6 nitrogen and oxygen atoms in total. The number of aromatic nitrogens is 2. The maximum Gasteiger partial charge on any atom is 0.347 e. The molecule has 0 saturated heterocycles. The zero-order chi connectivity index (χ0) is 17.0. The van der Waals surface area contributed by atoms with Crippen molar-refractivity contribution in [2.24, 2.45) is 4.99 Å². The van der Waals surface area contributed by atoms with Crippen LogP contribution in [0.2, 0.25) is 10.0 Å². The van der Waals surface area contributed by atoms with Crippen LogP contribution in [0.5, 0.6) is 6.01 Å². The molecule has 0 bridgehead atoms. The fourth-order valence-corrected chi connectivity index (χ4v) is 1.93. The van der Waals surface area contributed by atoms with Crippen LogP contribution in [-0.4, -0.2) is 41.3 Å². The van der Waals surface area contributed by atoms with Gasteiger partial charge in [0.15, 0.2) is 11.6 Å². The average molecular weight is 357 g/mol. The van der Waals surface area contributed by atoms with Gasteiger partial charge in [-0.2, -0.15) is 4.98 Å². The molecule has 2 aromatic rings. The van der Waals surface area contributed by atoms with Crippen molar-refractivity contribution in [2.45, 2.75) is 0 Å². The van der Waals surface area contributed by atoms with E-state index < -0.39 is 11.8 Å². The summed E-state index contributed by atoms with van der Waals surface area (Å²) < 4.78 is 18.5. The number of rotatable bonds is 4. The predicted octanol–water partition coefficient (Wildman–Crippen LogP) is 3.36. The Morgan fingerprint density at radius 3 is 2.78 bits per heavy atom. The number of esters is 1. The molecular formula is C14H11Cl2FN4O2. The van der Waals surface area contributed by atoms with Gasteiger partial charge in [0, 0.05) is 19.1 Å². The van der Waals surface area contributed by atoms with Crippen LogP contribution in [0.4, 0.5) is 10.2 Å². The van der Waals surface area contributed by atoms with E-state index in [0.29, 0.717) is 5.02 Å². The Hall–Kier alpha value is -2.25. The smallest absolute Gasteiger partial charge is 0.347 e. The first-order valence-electron chi connectivity index (χ1n) is 6.27. The average Bonchev–Trinajstić information content (AvgIpc) is 2.47. The molecule has 0 unspecified atom stereocenters. The molecule has 23 heavy (non-hydrogen) atoms. The van der Waals surface area contributed by atoms with Crippen LogP contribution in [0, 0.1) is 5.82 Å². The third kappa shape index (κ3) is 4.61. The molecular weight excluding hydrogens is 346 g/mol. The Labute approximate surface area is 141 Å². The van der Waals surface area contributed by atoms with Gasteiger partial charge in [0.2, 0.25) is 0 Å². The molecule has 1 aromatic carbocycles. The van der Waals surface area contributed by atoms with E-state index in [4.69, 9.17) is 27.9 Å². The number of benzene rings is 1. The van der Waals surface area contributed by atoms with Gasteiger partial charge in [-0.1, -0.05) is 23.2 Å². The van der Waals surface area contributed by atoms with Gasteiger partial charge in [0.1, 0.15) is 0 Å². The van der Waals surface area contributed by atoms with E-state index in [1.807, 2.05) is 0 Å². The van der Waals surface area contributed by atoms with Crippen LogP contribution < -0.4 is 4.74 Å². The summed E-state index contributed by atoms with van der Waals surface area (Å²) in [5, 5.41) is 0.500. The van der Waals surface area contributed by atoms with Gasteiger partial charge >= 0.3 is 12.0 Å². The molecule has 0 aliphatic rings. The van der Waals surface area contributed by atoms with Gasteiger partial charge in [-0.05, 0) is 18.2 Å². The number of carbonyl (C=O) groups is 1. The third-order valence-corrected chi connectivity index (χ3v) is 3.00. The van der Waals surface area contributed by atoms with E-state index in [1.165, 1.54) is 24.5 Å². The lowest BCUT2D eigenvalue weighted by molar-refractivity contribution is 0.0719. The molecule has 0 amide bonds. The summed E-state index contributed by atoms with van der Waals surface area (Å²) in [4.78, 5) is 24.8. The van der Waals surface area contributed by atoms with Gasteiger partial charge in [-0.25, -0.2) is 19.2 Å². The highest BCUT2D eigenvalue weighted by molar-refractivity contribution is 6.36. The van der Waals surface area contributed by atoms with Crippen LogP contribution in [0.1, 0.15) is 10.4 Å². The molecule has 1 aromatic heterocycles. The van der Waals surface area contributed by atoms with Crippen molar-refractivity contribution >= 4 is 41.3 Å². The molecule has 0 atom stereocenters. The van der Waals surface area contributed by atoms with Gasteiger partial charge in [-0.15, -0.1) is 0 Å². The van der Waals surface area contributed by atoms with Crippen LogP contribution >= 0.6 is 23.2 Å². The number of carbonyl (C=O) groups excluding carboxylic acids is 1. The zero-order valence-electron chi connectivity index (χ0n) is 12.1. The SMILES string of the molecule is CN(C)C=Nc1nc(OC(=O)c2ccc(Cl)cc2Cl)ncc1F. The van der Waals surface area contributed by atoms with Crippen molar-refractivity contribution < 1.29 is 13.9 Å². The van der Waals surface area contributed by atoms with Gasteiger partial charge < -0.3 is 9.64 Å². The van der Waals surface area contributed by atoms with E-state index in [0.717, 1.165) is 6.20 Å². The highest BCUT2D eigenvalue weighted by Gasteiger charge is 2.16. The summed E-state index contributed by atoms with van der Waals surface area (Å²) >= 11 is 11.7. The Kier molecular flexibility index (Phi) is 5.46. The standard InChI is InChI=1S/C14H11Cl2FN4O2/c1-21(2)7-19-12-11(17)6-18-14(20-12)23-13(22)9-4-3-8(15)5-10(9)16/h3-7H,1-2H3. The fraction of sp³-hybridized carbons (Fsp3) is 0.143. The summed E-state index contributed by atoms with van der Waals surface area (Å²) in [5.74, 6) is -1.79. The fourth-order valence-electron chi connectivity index (χ4n) is 1.45. The summed E-state index contributed by atoms with van der Waals surface area (Å²) in [7, 11) is 3.43. The molecule has 0 aliphatic carbocycles. The van der Waals surface area contributed by atoms with Crippen molar-refractivity contribution in [3.8, 4) is 6.01 Å². The van der Waals surface area contributed by atoms with Crippen molar-refractivity contribution in [3.63, 3.8) is 0 Å². The largest absolute Gasteiger partial charge is 0.387 e. The number of hydrogen-bond donors (Lipinski definition) is 0. The third-order valence-electron chi connectivity index (χ3n) is 2.45. The van der Waals surface area contributed by atoms with E-state index in [9.17, 15) is 9.18 Å². The minimum atomic E-state index is -0.791. The molecule has 2 rings (SSSR count). The molecule has 9 heteroatoms. The zero-order valence-corrected chi connectivity index (χ0v) is 13.6. The Bertz CT molecular complexity index is 768. The maximum atomic E-state index is 13.6. The monoisotopic (exact) mass is 356 g/mol. The highest BCUT2D eigenvalue weighted by Crippen LogP contribution is 2.23. The Morgan fingerprint density at radius 1 is 1.39 bits per heavy atom. The number of hydrogen-bond acceptors (Lipinski definition) is 5. The first-order valence-corrected chi connectivity index (χ1v) is 7.03. The molecule has 0 spiro atoms. The lowest BCUT2D eigenvalue weighted by atomic mass is 10.2. The summed E-state index contributed by atoms with van der Waals surface area (Å²) in [6.45, 7) is 0. The van der Waals surface area contributed by atoms with Crippen molar-refractivity contribution in [1.82, 2.24) is 14.9 Å². The molecule has 120 valence electrons. The number of aliphatic imine (C=N–C) groups is 1. The molecule has 0 N–H and O–H groups in total. The number of nitrogens with zero attached hydrogens (tertiary/aromatic N) is 4. The second-order valence-electron chi connectivity index (χ2n) is 4.55. The van der Waals surface area contributed by atoms with Gasteiger partial charge in [0.25, 0.3) is 0 Å². The lowest BCUT2D eigenvalue weighted by Gasteiger charge is -2.06. The summed E-state index contributed by atoms with van der Waals surface area (Å²) in [5.41, 5.74) is 0.0855. The topological polar surface area (TPSA) is 67.7 Å². The first-order chi connectivity index (χ1) is 10.9. The minimum absolute atomic E-state index is 0.0855. The highest BCUT2D eigenvalue weighted by atomic mass is 35.5. The number of ether oxygens (including phenoxy) is 1. The van der Waals surface area contributed by atoms with E-state index in [2.05, 4.69) is 15.0 Å². The van der Waals surface area contributed by atoms with Crippen LogP contribution in [0.3, 0.4) is 0 Å². The normalized spacial score (nSPS) is 10.8. The first kappa shape index (κ1) is 17.1. The Balaban J connectivity index is 2.22. The van der Waals surface area contributed by atoms with Crippen molar-refractivity contribution in [1.29, 1.82) is 0 Å². The quantitative estimate of drug-likeness (QED) is 0.477. The lowest BCUT2D eigenvalue weighted by Crippen LogP contribution is -2.11. The van der Waals surface area contributed by atoms with Gasteiger partial charge in [-0.3, -0.25) is 0 Å². The van der Waals surface area contributed by atoms with Gasteiger partial charge in [0.05, 0.1) is 23.1 Å². The van der Waals surface area contributed by atoms with Crippen LogP contribution in [0.25, 0.3) is 0 Å². The number of halogens is 3. The van der Waals surface area contributed by atoms with Crippen LogP contribution in [0.15, 0.2) is 29.4 Å².